The van der Waals surface area contributed by atoms with E-state index in [0.717, 1.165) is 6.20 Å². The average molecular weight is 257 g/mol. The zero-order valence-electron chi connectivity index (χ0n) is 9.28. The molecule has 0 saturated carbocycles. The molecule has 0 aliphatic rings. The van der Waals surface area contributed by atoms with Gasteiger partial charge in [-0.15, -0.1) is 0 Å². The number of hydrogen-bond donors (Lipinski definition) is 4. The fourth-order valence-corrected chi connectivity index (χ4v) is 1.48. The van der Waals surface area contributed by atoms with Crippen LogP contribution in [0.2, 0.25) is 0 Å². The summed E-state index contributed by atoms with van der Waals surface area (Å²) >= 11 is 0. The van der Waals surface area contributed by atoms with Gasteiger partial charge in [-0.3, -0.25) is 19.7 Å². The van der Waals surface area contributed by atoms with E-state index in [-0.39, 0.29) is 11.1 Å². The minimum absolute atomic E-state index is 0.142. The van der Waals surface area contributed by atoms with E-state index in [2.05, 4.69) is 0 Å². The standard InChI is InChI=1S/C9H11N3O6/c1-3-4(6(13)7(14)8(10)15)2-11-9(16)5(3)12(17)18/h2,6-7,13-14H,1H3,(H2,10,15)(H,11,16). The lowest BCUT2D eigenvalue weighted by Gasteiger charge is -2.16. The van der Waals surface area contributed by atoms with Crippen molar-refractivity contribution >= 4 is 11.6 Å². The fraction of sp³-hybridized carbons (Fsp3) is 0.333. The van der Waals surface area contributed by atoms with E-state index in [1.807, 2.05) is 4.98 Å². The smallest absolute Gasteiger partial charge is 0.337 e. The predicted molar refractivity (Wildman–Crippen MR) is 58.6 cm³/mol. The third-order valence-corrected chi connectivity index (χ3v) is 2.45. The van der Waals surface area contributed by atoms with Crippen LogP contribution >= 0.6 is 0 Å². The van der Waals surface area contributed by atoms with Crippen molar-refractivity contribution in [2.45, 2.75) is 19.1 Å². The van der Waals surface area contributed by atoms with Gasteiger partial charge in [0.1, 0.15) is 6.10 Å². The number of aliphatic hydroxyl groups is 2. The van der Waals surface area contributed by atoms with Gasteiger partial charge in [0.15, 0.2) is 6.10 Å². The largest absolute Gasteiger partial charge is 0.385 e. The van der Waals surface area contributed by atoms with Crippen molar-refractivity contribution in [1.82, 2.24) is 4.98 Å². The number of amides is 1. The second kappa shape index (κ2) is 4.94. The molecule has 2 unspecified atom stereocenters. The number of pyridine rings is 1. The Morgan fingerprint density at radius 2 is 2.11 bits per heavy atom. The maximum absolute atomic E-state index is 11.2. The minimum atomic E-state index is -1.92. The van der Waals surface area contributed by atoms with Crippen molar-refractivity contribution in [3.8, 4) is 0 Å². The molecule has 1 heterocycles. The summed E-state index contributed by atoms with van der Waals surface area (Å²) < 4.78 is 0. The molecule has 1 rings (SSSR count). The lowest BCUT2D eigenvalue weighted by atomic mass is 10.0. The molecule has 0 saturated heterocycles. The number of nitrogens with two attached hydrogens (primary N) is 1. The number of aromatic amines is 1. The molecule has 1 amide bonds. The monoisotopic (exact) mass is 257 g/mol. The molecular formula is C9H11N3O6. The van der Waals surface area contributed by atoms with E-state index in [4.69, 9.17) is 5.73 Å². The molecule has 9 heteroatoms. The van der Waals surface area contributed by atoms with Gasteiger partial charge in [0, 0.05) is 17.3 Å². The summed E-state index contributed by atoms with van der Waals surface area (Å²) in [5.41, 5.74) is 2.81. The van der Waals surface area contributed by atoms with Gasteiger partial charge in [-0.25, -0.2) is 0 Å². The molecule has 0 radical (unpaired) electrons. The number of nitrogens with zero attached hydrogens (tertiary/aromatic N) is 1. The second-order valence-electron chi connectivity index (χ2n) is 3.60. The highest BCUT2D eigenvalue weighted by Gasteiger charge is 2.29. The van der Waals surface area contributed by atoms with Crippen LogP contribution in [0.5, 0.6) is 0 Å². The Hall–Kier alpha value is -2.26. The highest BCUT2D eigenvalue weighted by atomic mass is 16.6. The molecule has 0 spiro atoms. The van der Waals surface area contributed by atoms with Crippen molar-refractivity contribution in [2.75, 3.05) is 0 Å². The SMILES string of the molecule is Cc1c(C(O)C(O)C(N)=O)c[nH]c(=O)c1[N+](=O)[O-]. The van der Waals surface area contributed by atoms with Crippen LogP contribution < -0.4 is 11.3 Å². The molecule has 98 valence electrons. The lowest BCUT2D eigenvalue weighted by molar-refractivity contribution is -0.387. The summed E-state index contributed by atoms with van der Waals surface area (Å²) in [5.74, 6) is -1.18. The van der Waals surface area contributed by atoms with Crippen molar-refractivity contribution < 1.29 is 19.9 Å². The number of aliphatic hydroxyl groups excluding tert-OH is 2. The number of aromatic nitrogens is 1. The van der Waals surface area contributed by atoms with Crippen molar-refractivity contribution in [2.24, 2.45) is 5.73 Å². The number of primary amides is 1. The van der Waals surface area contributed by atoms with Crippen LogP contribution in [0.15, 0.2) is 11.0 Å². The minimum Gasteiger partial charge on any atom is -0.385 e. The summed E-state index contributed by atoms with van der Waals surface area (Å²) in [6.45, 7) is 1.22. The molecule has 1 aromatic heterocycles. The van der Waals surface area contributed by atoms with Gasteiger partial charge in [-0.2, -0.15) is 0 Å². The molecule has 0 aromatic carbocycles. The molecule has 0 aliphatic heterocycles. The van der Waals surface area contributed by atoms with E-state index < -0.39 is 34.3 Å². The first-order chi connectivity index (χ1) is 8.27. The maximum atomic E-state index is 11.2. The Morgan fingerprint density at radius 1 is 1.56 bits per heavy atom. The number of hydrogen-bond acceptors (Lipinski definition) is 6. The van der Waals surface area contributed by atoms with E-state index >= 15 is 0 Å². The first-order valence-electron chi connectivity index (χ1n) is 4.79. The van der Waals surface area contributed by atoms with Crippen molar-refractivity contribution in [3.05, 3.63) is 37.8 Å². The first kappa shape index (κ1) is 13.8. The number of carbonyl (C=O) groups excluding carboxylic acids is 1. The number of rotatable bonds is 4. The fourth-order valence-electron chi connectivity index (χ4n) is 1.48. The summed E-state index contributed by atoms with van der Waals surface area (Å²) in [5, 5.41) is 29.6. The number of H-pyrrole nitrogens is 1. The second-order valence-corrected chi connectivity index (χ2v) is 3.60. The van der Waals surface area contributed by atoms with Gasteiger partial charge in [-0.05, 0) is 6.92 Å². The van der Waals surface area contributed by atoms with E-state index in [0.29, 0.717) is 0 Å². The average Bonchev–Trinajstić information content (AvgIpc) is 2.26. The third kappa shape index (κ3) is 2.36. The summed E-state index contributed by atoms with van der Waals surface area (Å²) in [7, 11) is 0. The Balaban J connectivity index is 3.36. The summed E-state index contributed by atoms with van der Waals surface area (Å²) in [6.07, 6.45) is -2.69. The third-order valence-electron chi connectivity index (χ3n) is 2.45. The molecular weight excluding hydrogens is 246 g/mol. The van der Waals surface area contributed by atoms with E-state index in [1.165, 1.54) is 6.92 Å². The zero-order valence-corrected chi connectivity index (χ0v) is 9.28. The van der Waals surface area contributed by atoms with Crippen LogP contribution in [-0.4, -0.2) is 32.1 Å². The van der Waals surface area contributed by atoms with Crippen LogP contribution in [0, 0.1) is 17.0 Å². The van der Waals surface area contributed by atoms with E-state index in [1.54, 1.807) is 0 Å². The molecule has 0 fully saturated rings. The molecule has 9 nitrogen and oxygen atoms in total. The number of carbonyl (C=O) groups is 1. The molecule has 2 atom stereocenters. The topological polar surface area (TPSA) is 160 Å². The molecule has 5 N–H and O–H groups in total. The van der Waals surface area contributed by atoms with Gasteiger partial charge in [-0.1, -0.05) is 0 Å². The van der Waals surface area contributed by atoms with Crippen molar-refractivity contribution in [3.63, 3.8) is 0 Å². The molecule has 0 bridgehead atoms. The van der Waals surface area contributed by atoms with Crippen LogP contribution in [0.4, 0.5) is 5.69 Å². The highest BCUT2D eigenvalue weighted by Crippen LogP contribution is 2.24. The Morgan fingerprint density at radius 3 is 2.56 bits per heavy atom. The van der Waals surface area contributed by atoms with Gasteiger partial charge in [0.05, 0.1) is 4.92 Å². The van der Waals surface area contributed by atoms with Crippen LogP contribution in [-0.2, 0) is 4.79 Å². The van der Waals surface area contributed by atoms with Gasteiger partial charge >= 0.3 is 11.2 Å². The summed E-state index contributed by atoms with van der Waals surface area (Å²) in [6, 6.07) is 0. The maximum Gasteiger partial charge on any atom is 0.337 e. The molecule has 1 aromatic rings. The number of nitro groups is 1. The Labute approximate surface area is 100 Å². The molecule has 0 aliphatic carbocycles. The quantitative estimate of drug-likeness (QED) is 0.378. The van der Waals surface area contributed by atoms with Crippen LogP contribution in [0.25, 0.3) is 0 Å². The number of nitrogens with one attached hydrogen (secondary N) is 1. The highest BCUT2D eigenvalue weighted by molar-refractivity contribution is 5.79. The van der Waals surface area contributed by atoms with Crippen LogP contribution in [0.3, 0.4) is 0 Å². The normalized spacial score (nSPS) is 13.9. The van der Waals surface area contributed by atoms with Crippen LogP contribution in [0.1, 0.15) is 17.2 Å². The van der Waals surface area contributed by atoms with Crippen molar-refractivity contribution in [1.29, 1.82) is 0 Å². The zero-order chi connectivity index (χ0) is 14.0. The van der Waals surface area contributed by atoms with Gasteiger partial charge in [0.25, 0.3) is 0 Å². The Bertz CT molecular complexity index is 552. The van der Waals surface area contributed by atoms with E-state index in [9.17, 15) is 29.9 Å². The van der Waals surface area contributed by atoms with Gasteiger partial charge in [0.2, 0.25) is 5.91 Å². The summed E-state index contributed by atoms with van der Waals surface area (Å²) in [4.78, 5) is 33.7. The predicted octanol–water partition coefficient (Wildman–Crippen LogP) is -1.53. The Kier molecular flexibility index (Phi) is 3.79. The molecule has 18 heavy (non-hydrogen) atoms. The van der Waals surface area contributed by atoms with Gasteiger partial charge < -0.3 is 20.9 Å². The first-order valence-corrected chi connectivity index (χ1v) is 4.79. The lowest BCUT2D eigenvalue weighted by Crippen LogP contribution is -2.34.